The smallest absolute Gasteiger partial charge is 0.329 e. The first-order valence-electron chi connectivity index (χ1n) is 10.2. The normalized spacial score (nSPS) is 14.6. The van der Waals surface area contributed by atoms with Crippen LogP contribution in [0.3, 0.4) is 0 Å². The molecule has 0 unspecified atom stereocenters. The fourth-order valence-electron chi connectivity index (χ4n) is 3.28. The van der Waals surface area contributed by atoms with Crippen molar-refractivity contribution in [2.45, 2.75) is 71.8 Å². The van der Waals surface area contributed by atoms with E-state index in [0.717, 1.165) is 5.56 Å². The molecule has 2 amide bonds. The Morgan fingerprint density at radius 2 is 1.50 bits per heavy atom. The number of esters is 1. The molecule has 1 aromatic carbocycles. The number of rotatable bonds is 8. The Morgan fingerprint density at radius 1 is 0.967 bits per heavy atom. The van der Waals surface area contributed by atoms with Gasteiger partial charge < -0.3 is 19.6 Å². The SMILES string of the molecule is CC(C)[C@@H](C(=O)N(C)[C@@H](Cc1ccccc1)C(=O)OC(C)(C)C)N(C)C(=O)[C@H](C)O. The van der Waals surface area contributed by atoms with E-state index in [0.29, 0.717) is 0 Å². The third-order valence-corrected chi connectivity index (χ3v) is 4.77. The summed E-state index contributed by atoms with van der Waals surface area (Å²) < 4.78 is 5.58. The van der Waals surface area contributed by atoms with Crippen molar-refractivity contribution in [3.63, 3.8) is 0 Å². The molecule has 30 heavy (non-hydrogen) atoms. The van der Waals surface area contributed by atoms with Crippen molar-refractivity contribution in [3.05, 3.63) is 35.9 Å². The van der Waals surface area contributed by atoms with Gasteiger partial charge in [-0.25, -0.2) is 4.79 Å². The third kappa shape index (κ3) is 7.13. The molecular weight excluding hydrogens is 384 g/mol. The van der Waals surface area contributed by atoms with E-state index >= 15 is 0 Å². The summed E-state index contributed by atoms with van der Waals surface area (Å²) in [7, 11) is 3.04. The van der Waals surface area contributed by atoms with E-state index in [-0.39, 0.29) is 18.2 Å². The second-order valence-electron chi connectivity index (χ2n) is 9.00. The number of benzene rings is 1. The number of nitrogens with zero attached hydrogens (tertiary/aromatic N) is 2. The predicted octanol–water partition coefficient (Wildman–Crippen LogP) is 2.26. The van der Waals surface area contributed by atoms with Gasteiger partial charge in [-0.05, 0) is 39.2 Å². The fraction of sp³-hybridized carbons (Fsp3) is 0.609. The molecule has 0 aliphatic heterocycles. The monoisotopic (exact) mass is 420 g/mol. The van der Waals surface area contributed by atoms with E-state index in [1.54, 1.807) is 27.8 Å². The van der Waals surface area contributed by atoms with Crippen LogP contribution in [0.2, 0.25) is 0 Å². The molecule has 1 aromatic rings. The van der Waals surface area contributed by atoms with Crippen LogP contribution in [0.5, 0.6) is 0 Å². The van der Waals surface area contributed by atoms with E-state index in [1.165, 1.54) is 23.8 Å². The standard InChI is InChI=1S/C23H36N2O5/c1-15(2)19(25(8)20(27)16(3)26)21(28)24(7)18(22(29)30-23(4,5)6)14-17-12-10-9-11-13-17/h9-13,15-16,18-19,26H,14H2,1-8H3/t16-,18-,19-/m0/s1. The highest BCUT2D eigenvalue weighted by Crippen LogP contribution is 2.19. The lowest BCUT2D eigenvalue weighted by atomic mass is 9.98. The average Bonchev–Trinajstić information content (AvgIpc) is 2.63. The highest BCUT2D eigenvalue weighted by Gasteiger charge is 2.38. The number of likely N-dealkylation sites (N-methyl/N-ethyl adjacent to an activating group) is 2. The Labute approximate surface area is 180 Å². The Morgan fingerprint density at radius 3 is 1.93 bits per heavy atom. The lowest BCUT2D eigenvalue weighted by molar-refractivity contribution is -0.166. The summed E-state index contributed by atoms with van der Waals surface area (Å²) in [6, 6.07) is 7.72. The van der Waals surface area contributed by atoms with Gasteiger partial charge >= 0.3 is 5.97 Å². The molecule has 0 bridgehead atoms. The summed E-state index contributed by atoms with van der Waals surface area (Å²) in [5, 5.41) is 9.67. The van der Waals surface area contributed by atoms with Crippen LogP contribution in [0.15, 0.2) is 30.3 Å². The molecule has 0 saturated carbocycles. The van der Waals surface area contributed by atoms with Crippen molar-refractivity contribution >= 4 is 17.8 Å². The molecule has 7 nitrogen and oxygen atoms in total. The summed E-state index contributed by atoms with van der Waals surface area (Å²) in [6.07, 6.45) is -0.933. The van der Waals surface area contributed by atoms with Crippen molar-refractivity contribution in [1.82, 2.24) is 9.80 Å². The first kappa shape index (κ1) is 25.6. The van der Waals surface area contributed by atoms with Gasteiger partial charge in [0.2, 0.25) is 5.91 Å². The molecule has 0 saturated heterocycles. The minimum absolute atomic E-state index is 0.219. The quantitative estimate of drug-likeness (QED) is 0.652. The average molecular weight is 421 g/mol. The Bertz CT molecular complexity index is 725. The molecule has 0 fully saturated rings. The number of amides is 2. The van der Waals surface area contributed by atoms with Gasteiger partial charge in [0, 0.05) is 20.5 Å². The third-order valence-electron chi connectivity index (χ3n) is 4.77. The lowest BCUT2D eigenvalue weighted by Crippen LogP contribution is -2.57. The molecular formula is C23H36N2O5. The van der Waals surface area contributed by atoms with Crippen molar-refractivity contribution < 1.29 is 24.2 Å². The molecule has 0 aromatic heterocycles. The molecule has 0 heterocycles. The van der Waals surface area contributed by atoms with E-state index in [2.05, 4.69) is 0 Å². The molecule has 0 spiro atoms. The summed E-state index contributed by atoms with van der Waals surface area (Å²) >= 11 is 0. The molecule has 7 heteroatoms. The number of hydrogen-bond donors (Lipinski definition) is 1. The zero-order chi connectivity index (χ0) is 23.2. The number of ether oxygens (including phenoxy) is 1. The van der Waals surface area contributed by atoms with Crippen LogP contribution in [-0.4, -0.2) is 70.6 Å². The minimum atomic E-state index is -1.22. The van der Waals surface area contributed by atoms with Gasteiger partial charge in [0.15, 0.2) is 0 Å². The second kappa shape index (κ2) is 10.6. The van der Waals surface area contributed by atoms with Crippen LogP contribution in [0, 0.1) is 5.92 Å². The maximum absolute atomic E-state index is 13.4. The molecule has 0 radical (unpaired) electrons. The van der Waals surface area contributed by atoms with Crippen LogP contribution < -0.4 is 0 Å². The van der Waals surface area contributed by atoms with Gasteiger partial charge in [0.05, 0.1) is 0 Å². The number of carbonyl (C=O) groups excluding carboxylic acids is 3. The molecule has 0 aliphatic carbocycles. The van der Waals surface area contributed by atoms with Crippen LogP contribution in [0.4, 0.5) is 0 Å². The van der Waals surface area contributed by atoms with E-state index < -0.39 is 35.7 Å². The molecule has 1 rings (SSSR count). The van der Waals surface area contributed by atoms with Crippen molar-refractivity contribution in [2.24, 2.45) is 5.92 Å². The zero-order valence-electron chi connectivity index (χ0n) is 19.4. The summed E-state index contributed by atoms with van der Waals surface area (Å²) in [5.41, 5.74) is 0.189. The molecule has 3 atom stereocenters. The Hall–Kier alpha value is -2.41. The Kier molecular flexibility index (Phi) is 9.03. The topological polar surface area (TPSA) is 87.2 Å². The minimum Gasteiger partial charge on any atom is -0.458 e. The van der Waals surface area contributed by atoms with Crippen molar-refractivity contribution in [2.75, 3.05) is 14.1 Å². The second-order valence-corrected chi connectivity index (χ2v) is 9.00. The van der Waals surface area contributed by atoms with Gasteiger partial charge in [0.25, 0.3) is 5.91 Å². The predicted molar refractivity (Wildman–Crippen MR) is 116 cm³/mol. The largest absolute Gasteiger partial charge is 0.458 e. The van der Waals surface area contributed by atoms with E-state index in [4.69, 9.17) is 4.74 Å². The maximum Gasteiger partial charge on any atom is 0.329 e. The van der Waals surface area contributed by atoms with Crippen LogP contribution >= 0.6 is 0 Å². The van der Waals surface area contributed by atoms with Crippen LogP contribution in [0.1, 0.15) is 47.1 Å². The number of carbonyl (C=O) groups is 3. The van der Waals surface area contributed by atoms with Crippen molar-refractivity contribution in [3.8, 4) is 0 Å². The van der Waals surface area contributed by atoms with Crippen molar-refractivity contribution in [1.29, 1.82) is 0 Å². The van der Waals surface area contributed by atoms with E-state index in [1.807, 2.05) is 44.2 Å². The molecule has 0 aliphatic rings. The summed E-state index contributed by atoms with van der Waals surface area (Å²) in [6.45, 7) is 10.3. The number of hydrogen-bond acceptors (Lipinski definition) is 5. The van der Waals surface area contributed by atoms with Gasteiger partial charge in [-0.3, -0.25) is 9.59 Å². The Balaban J connectivity index is 3.24. The zero-order valence-corrected chi connectivity index (χ0v) is 19.4. The van der Waals surface area contributed by atoms with Gasteiger partial charge in [0.1, 0.15) is 23.8 Å². The lowest BCUT2D eigenvalue weighted by Gasteiger charge is -2.37. The van der Waals surface area contributed by atoms with Crippen LogP contribution in [-0.2, 0) is 25.5 Å². The molecule has 168 valence electrons. The number of aliphatic hydroxyl groups is 1. The first-order valence-corrected chi connectivity index (χ1v) is 10.2. The van der Waals surface area contributed by atoms with E-state index in [9.17, 15) is 19.5 Å². The highest BCUT2D eigenvalue weighted by molar-refractivity contribution is 5.91. The van der Waals surface area contributed by atoms with Crippen LogP contribution in [0.25, 0.3) is 0 Å². The number of aliphatic hydroxyl groups excluding tert-OH is 1. The summed E-state index contributed by atoms with van der Waals surface area (Å²) in [4.78, 5) is 41.3. The van der Waals surface area contributed by atoms with Gasteiger partial charge in [-0.15, -0.1) is 0 Å². The molecule has 1 N–H and O–H groups in total. The maximum atomic E-state index is 13.4. The van der Waals surface area contributed by atoms with Gasteiger partial charge in [-0.1, -0.05) is 44.2 Å². The summed E-state index contributed by atoms with van der Waals surface area (Å²) in [5.74, 6) is -1.65. The fourth-order valence-corrected chi connectivity index (χ4v) is 3.28. The van der Waals surface area contributed by atoms with Gasteiger partial charge in [-0.2, -0.15) is 0 Å². The highest BCUT2D eigenvalue weighted by atomic mass is 16.6. The first-order chi connectivity index (χ1) is 13.8.